The number of anilines is 1. The summed E-state index contributed by atoms with van der Waals surface area (Å²) < 4.78 is 0. The summed E-state index contributed by atoms with van der Waals surface area (Å²) in [5.41, 5.74) is 0.916. The van der Waals surface area contributed by atoms with Crippen LogP contribution in [0.4, 0.5) is 5.69 Å². The maximum absolute atomic E-state index is 12.3. The molecule has 2 aromatic rings. The maximum atomic E-state index is 12.3. The SMILES string of the molecule is C=CCN(C(=O)Cc1cccs1)c1ccccc1. The third-order valence-electron chi connectivity index (χ3n) is 2.59. The van der Waals surface area contributed by atoms with Gasteiger partial charge < -0.3 is 4.90 Å². The number of benzene rings is 1. The third kappa shape index (κ3) is 3.08. The molecule has 0 aliphatic rings. The van der Waals surface area contributed by atoms with Crippen molar-refractivity contribution >= 4 is 22.9 Å². The molecule has 18 heavy (non-hydrogen) atoms. The van der Waals surface area contributed by atoms with E-state index in [4.69, 9.17) is 0 Å². The van der Waals surface area contributed by atoms with Crippen molar-refractivity contribution in [1.29, 1.82) is 0 Å². The summed E-state index contributed by atoms with van der Waals surface area (Å²) >= 11 is 1.61. The number of hydrogen-bond acceptors (Lipinski definition) is 2. The van der Waals surface area contributed by atoms with Gasteiger partial charge in [0, 0.05) is 17.1 Å². The van der Waals surface area contributed by atoms with Gasteiger partial charge in [0.1, 0.15) is 0 Å². The van der Waals surface area contributed by atoms with Crippen LogP contribution in [0.5, 0.6) is 0 Å². The van der Waals surface area contributed by atoms with Crippen LogP contribution in [0.3, 0.4) is 0 Å². The van der Waals surface area contributed by atoms with Crippen molar-refractivity contribution in [2.45, 2.75) is 6.42 Å². The van der Waals surface area contributed by atoms with Crippen LogP contribution in [0.1, 0.15) is 4.88 Å². The van der Waals surface area contributed by atoms with Gasteiger partial charge in [-0.15, -0.1) is 17.9 Å². The summed E-state index contributed by atoms with van der Waals surface area (Å²) in [7, 11) is 0. The molecule has 1 heterocycles. The van der Waals surface area contributed by atoms with Crippen LogP contribution in [-0.4, -0.2) is 12.5 Å². The lowest BCUT2D eigenvalue weighted by Crippen LogP contribution is -2.32. The van der Waals surface area contributed by atoms with Gasteiger partial charge in [-0.1, -0.05) is 30.3 Å². The highest BCUT2D eigenvalue weighted by atomic mass is 32.1. The summed E-state index contributed by atoms with van der Waals surface area (Å²) in [6.07, 6.45) is 2.19. The lowest BCUT2D eigenvalue weighted by Gasteiger charge is -2.21. The van der Waals surface area contributed by atoms with E-state index in [-0.39, 0.29) is 5.91 Å². The number of para-hydroxylation sites is 1. The number of amides is 1. The molecule has 3 heteroatoms. The van der Waals surface area contributed by atoms with E-state index >= 15 is 0 Å². The molecule has 0 saturated heterocycles. The minimum Gasteiger partial charge on any atom is -0.308 e. The Morgan fingerprint density at radius 3 is 2.61 bits per heavy atom. The van der Waals surface area contributed by atoms with E-state index in [1.165, 1.54) is 0 Å². The fraction of sp³-hybridized carbons (Fsp3) is 0.133. The largest absolute Gasteiger partial charge is 0.308 e. The first kappa shape index (κ1) is 12.6. The first-order valence-electron chi connectivity index (χ1n) is 5.80. The van der Waals surface area contributed by atoms with Crippen molar-refractivity contribution in [3.05, 3.63) is 65.4 Å². The molecule has 1 aromatic heterocycles. The zero-order chi connectivity index (χ0) is 12.8. The predicted molar refractivity (Wildman–Crippen MR) is 77.0 cm³/mol. The molecule has 0 aliphatic carbocycles. The highest BCUT2D eigenvalue weighted by Gasteiger charge is 2.14. The number of rotatable bonds is 5. The number of hydrogen-bond donors (Lipinski definition) is 0. The number of carbonyl (C=O) groups excluding carboxylic acids is 1. The molecule has 0 bridgehead atoms. The molecular formula is C15H15NOS. The zero-order valence-electron chi connectivity index (χ0n) is 10.1. The van der Waals surface area contributed by atoms with Crippen LogP contribution in [0.25, 0.3) is 0 Å². The van der Waals surface area contributed by atoms with Crippen LogP contribution in [0, 0.1) is 0 Å². The van der Waals surface area contributed by atoms with Gasteiger partial charge >= 0.3 is 0 Å². The van der Waals surface area contributed by atoms with Crippen LogP contribution in [0.2, 0.25) is 0 Å². The molecule has 1 amide bonds. The Labute approximate surface area is 111 Å². The fourth-order valence-corrected chi connectivity index (χ4v) is 2.44. The van der Waals surface area contributed by atoms with Gasteiger partial charge in [-0.25, -0.2) is 0 Å². The average molecular weight is 257 g/mol. The molecule has 0 N–H and O–H groups in total. The van der Waals surface area contributed by atoms with Crippen LogP contribution >= 0.6 is 11.3 Å². The highest BCUT2D eigenvalue weighted by molar-refractivity contribution is 7.10. The van der Waals surface area contributed by atoms with Gasteiger partial charge in [-0.3, -0.25) is 4.79 Å². The lowest BCUT2D eigenvalue weighted by atomic mass is 10.2. The molecular weight excluding hydrogens is 242 g/mol. The predicted octanol–water partition coefficient (Wildman–Crippen LogP) is 3.51. The number of carbonyl (C=O) groups is 1. The Kier molecular flexibility index (Phi) is 4.31. The van der Waals surface area contributed by atoms with Crippen molar-refractivity contribution in [2.24, 2.45) is 0 Å². The quantitative estimate of drug-likeness (QED) is 0.751. The van der Waals surface area contributed by atoms with Crippen molar-refractivity contribution in [3.8, 4) is 0 Å². The minimum atomic E-state index is 0.101. The van der Waals surface area contributed by atoms with Gasteiger partial charge in [-0.05, 0) is 23.6 Å². The number of thiophene rings is 1. The van der Waals surface area contributed by atoms with E-state index in [0.29, 0.717) is 13.0 Å². The fourth-order valence-electron chi connectivity index (χ4n) is 1.75. The standard InChI is InChI=1S/C15H15NOS/c1-2-10-16(13-7-4-3-5-8-13)15(17)12-14-9-6-11-18-14/h2-9,11H,1,10,12H2. The zero-order valence-corrected chi connectivity index (χ0v) is 10.9. The summed E-state index contributed by atoms with van der Waals surface area (Å²) in [4.78, 5) is 15.1. The van der Waals surface area contributed by atoms with E-state index in [0.717, 1.165) is 10.6 Å². The van der Waals surface area contributed by atoms with E-state index in [1.807, 2.05) is 47.8 Å². The molecule has 1 aromatic carbocycles. The third-order valence-corrected chi connectivity index (χ3v) is 3.46. The summed E-state index contributed by atoms with van der Waals surface area (Å²) in [6, 6.07) is 13.6. The minimum absolute atomic E-state index is 0.101. The topological polar surface area (TPSA) is 20.3 Å². The molecule has 0 saturated carbocycles. The maximum Gasteiger partial charge on any atom is 0.232 e. The Balaban J connectivity index is 2.15. The smallest absolute Gasteiger partial charge is 0.232 e. The summed E-state index contributed by atoms with van der Waals surface area (Å²) in [6.45, 7) is 4.25. The average Bonchev–Trinajstić information content (AvgIpc) is 2.89. The van der Waals surface area contributed by atoms with Crippen LogP contribution in [0.15, 0.2) is 60.5 Å². The lowest BCUT2D eigenvalue weighted by molar-refractivity contribution is -0.117. The Morgan fingerprint density at radius 1 is 1.22 bits per heavy atom. The van der Waals surface area contributed by atoms with Crippen LogP contribution in [-0.2, 0) is 11.2 Å². The van der Waals surface area contributed by atoms with Gasteiger partial charge in [0.25, 0.3) is 0 Å². The van der Waals surface area contributed by atoms with E-state index in [1.54, 1.807) is 22.3 Å². The van der Waals surface area contributed by atoms with Crippen molar-refractivity contribution in [3.63, 3.8) is 0 Å². The first-order valence-corrected chi connectivity index (χ1v) is 6.68. The molecule has 0 aliphatic heterocycles. The Hall–Kier alpha value is -1.87. The number of nitrogens with zero attached hydrogens (tertiary/aromatic N) is 1. The van der Waals surface area contributed by atoms with Crippen LogP contribution < -0.4 is 4.90 Å². The molecule has 0 atom stereocenters. The van der Waals surface area contributed by atoms with Gasteiger partial charge in [0.2, 0.25) is 5.91 Å². The molecule has 2 nitrogen and oxygen atoms in total. The van der Waals surface area contributed by atoms with Gasteiger partial charge in [0.05, 0.1) is 6.42 Å². The van der Waals surface area contributed by atoms with Crippen molar-refractivity contribution in [1.82, 2.24) is 0 Å². The Bertz CT molecular complexity index is 505. The van der Waals surface area contributed by atoms with Crippen molar-refractivity contribution < 1.29 is 4.79 Å². The first-order chi connectivity index (χ1) is 8.81. The molecule has 0 radical (unpaired) electrons. The molecule has 92 valence electrons. The molecule has 2 rings (SSSR count). The summed E-state index contributed by atoms with van der Waals surface area (Å²) in [5.74, 6) is 0.101. The molecule has 0 unspecified atom stereocenters. The Morgan fingerprint density at radius 2 is 2.00 bits per heavy atom. The second kappa shape index (κ2) is 6.17. The van der Waals surface area contributed by atoms with Gasteiger partial charge in [0.15, 0.2) is 0 Å². The van der Waals surface area contributed by atoms with Crippen molar-refractivity contribution in [2.75, 3.05) is 11.4 Å². The monoisotopic (exact) mass is 257 g/mol. The summed E-state index contributed by atoms with van der Waals surface area (Å²) in [5, 5.41) is 1.99. The van der Waals surface area contributed by atoms with E-state index < -0.39 is 0 Å². The van der Waals surface area contributed by atoms with E-state index in [2.05, 4.69) is 6.58 Å². The van der Waals surface area contributed by atoms with Gasteiger partial charge in [-0.2, -0.15) is 0 Å². The highest BCUT2D eigenvalue weighted by Crippen LogP contribution is 2.17. The molecule has 0 fully saturated rings. The second-order valence-corrected chi connectivity index (χ2v) is 4.92. The second-order valence-electron chi connectivity index (χ2n) is 3.88. The molecule has 0 spiro atoms. The normalized spacial score (nSPS) is 10.0. The van der Waals surface area contributed by atoms with E-state index in [9.17, 15) is 4.79 Å².